The Bertz CT molecular complexity index is 792. The van der Waals surface area contributed by atoms with Crippen molar-refractivity contribution < 1.29 is 22.7 Å². The van der Waals surface area contributed by atoms with Crippen molar-refractivity contribution in [1.82, 2.24) is 9.21 Å². The first kappa shape index (κ1) is 20.8. The molecule has 0 N–H and O–H groups in total. The predicted molar refractivity (Wildman–Crippen MR) is 105 cm³/mol. The number of rotatable bonds is 6. The normalized spacial score (nSPS) is 19.0. The number of benzene rings is 1. The molecule has 7 nitrogen and oxygen atoms in total. The average molecular weight is 409 g/mol. The quantitative estimate of drug-likeness (QED) is 0.673. The van der Waals surface area contributed by atoms with Gasteiger partial charge in [-0.25, -0.2) is 12.7 Å². The number of hydrogen-bond acceptors (Lipinski definition) is 5. The van der Waals surface area contributed by atoms with E-state index in [2.05, 4.69) is 0 Å². The lowest BCUT2D eigenvalue weighted by molar-refractivity contribution is -0.151. The van der Waals surface area contributed by atoms with Gasteiger partial charge in [0.15, 0.2) is 0 Å². The third-order valence-corrected chi connectivity index (χ3v) is 7.40. The summed E-state index contributed by atoms with van der Waals surface area (Å²) < 4.78 is 30.6. The minimum Gasteiger partial charge on any atom is -0.461 e. The van der Waals surface area contributed by atoms with Gasteiger partial charge in [-0.2, -0.15) is 0 Å². The van der Waals surface area contributed by atoms with E-state index < -0.39 is 10.0 Å². The molecule has 0 aromatic heterocycles. The van der Waals surface area contributed by atoms with E-state index in [1.54, 1.807) is 19.1 Å². The van der Waals surface area contributed by atoms with Crippen LogP contribution in [-0.4, -0.2) is 61.4 Å². The molecular weight excluding hydrogens is 380 g/mol. The van der Waals surface area contributed by atoms with E-state index in [1.165, 1.54) is 4.31 Å². The lowest BCUT2D eigenvalue weighted by Crippen LogP contribution is -2.41. The van der Waals surface area contributed by atoms with Crippen LogP contribution in [0.15, 0.2) is 24.3 Å². The molecule has 0 radical (unpaired) electrons. The molecule has 2 fully saturated rings. The summed E-state index contributed by atoms with van der Waals surface area (Å²) in [4.78, 5) is 26.5. The molecule has 2 aliphatic rings. The highest BCUT2D eigenvalue weighted by Crippen LogP contribution is 2.22. The lowest BCUT2D eigenvalue weighted by atomic mass is 9.98. The van der Waals surface area contributed by atoms with Gasteiger partial charge in [-0.1, -0.05) is 12.1 Å². The number of hydrogen-bond donors (Lipinski definition) is 0. The molecule has 0 atom stereocenters. The maximum Gasteiger partial charge on any atom is 0.309 e. The molecule has 2 heterocycles. The van der Waals surface area contributed by atoms with Gasteiger partial charge in [0.1, 0.15) is 6.61 Å². The van der Waals surface area contributed by atoms with Gasteiger partial charge in [0, 0.05) is 31.7 Å². The minimum absolute atomic E-state index is 0.0508. The van der Waals surface area contributed by atoms with Gasteiger partial charge in [-0.15, -0.1) is 0 Å². The van der Waals surface area contributed by atoms with Crippen molar-refractivity contribution in [2.75, 3.05) is 31.9 Å². The first-order valence-corrected chi connectivity index (χ1v) is 11.5. The summed E-state index contributed by atoms with van der Waals surface area (Å²) in [5.74, 6) is -0.418. The molecular formula is C20H28N2O5S. The second kappa shape index (κ2) is 9.05. The van der Waals surface area contributed by atoms with E-state index in [1.807, 2.05) is 17.0 Å². The number of piperidine rings is 1. The summed E-state index contributed by atoms with van der Waals surface area (Å²) in [6.45, 7) is 4.14. The van der Waals surface area contributed by atoms with Gasteiger partial charge in [0.05, 0.1) is 11.7 Å². The van der Waals surface area contributed by atoms with E-state index in [4.69, 9.17) is 4.74 Å². The fourth-order valence-corrected chi connectivity index (χ4v) is 4.80. The molecule has 2 aliphatic heterocycles. The topological polar surface area (TPSA) is 84.0 Å². The molecule has 8 heteroatoms. The molecule has 0 unspecified atom stereocenters. The number of carbonyl (C=O) groups is 2. The Hall–Kier alpha value is -1.93. The van der Waals surface area contributed by atoms with Crippen LogP contribution in [-0.2, 0) is 26.2 Å². The Morgan fingerprint density at radius 1 is 1.04 bits per heavy atom. The molecule has 2 saturated heterocycles. The number of esters is 1. The monoisotopic (exact) mass is 408 g/mol. The second-order valence-corrected chi connectivity index (χ2v) is 9.64. The molecule has 3 rings (SSSR count). The summed E-state index contributed by atoms with van der Waals surface area (Å²) in [6, 6.07) is 7.18. The third-order valence-electron chi connectivity index (χ3n) is 5.52. The van der Waals surface area contributed by atoms with Crippen molar-refractivity contribution >= 4 is 21.9 Å². The van der Waals surface area contributed by atoms with Crippen molar-refractivity contribution in [2.24, 2.45) is 5.92 Å². The maximum absolute atomic E-state index is 12.3. The number of carbonyl (C=O) groups excluding carboxylic acids is 2. The molecule has 1 amide bonds. The average Bonchev–Trinajstić information content (AvgIpc) is 3.27. The highest BCUT2D eigenvalue weighted by molar-refractivity contribution is 7.89. The zero-order valence-electron chi connectivity index (χ0n) is 16.3. The number of likely N-dealkylation sites (tertiary alicyclic amines) is 1. The number of nitrogens with zero attached hydrogens (tertiary/aromatic N) is 2. The number of ether oxygens (including phenoxy) is 1. The first-order valence-electron chi connectivity index (χ1n) is 9.93. The van der Waals surface area contributed by atoms with Crippen LogP contribution in [0.2, 0.25) is 0 Å². The lowest BCUT2D eigenvalue weighted by Gasteiger charge is -2.29. The van der Waals surface area contributed by atoms with E-state index in [0.717, 1.165) is 31.5 Å². The van der Waals surface area contributed by atoms with Gasteiger partial charge in [0.2, 0.25) is 10.0 Å². The van der Waals surface area contributed by atoms with Crippen LogP contribution in [0.3, 0.4) is 0 Å². The van der Waals surface area contributed by atoms with Crippen LogP contribution in [0.25, 0.3) is 0 Å². The third kappa shape index (κ3) is 4.91. The Labute approximate surface area is 166 Å². The van der Waals surface area contributed by atoms with E-state index in [-0.39, 0.29) is 30.2 Å². The molecule has 0 spiro atoms. The summed E-state index contributed by atoms with van der Waals surface area (Å²) in [5.41, 5.74) is 1.49. The zero-order chi connectivity index (χ0) is 20.1. The zero-order valence-corrected chi connectivity index (χ0v) is 17.1. The van der Waals surface area contributed by atoms with Crippen LogP contribution >= 0.6 is 0 Å². The minimum atomic E-state index is -3.19. The van der Waals surface area contributed by atoms with Gasteiger partial charge < -0.3 is 9.64 Å². The Kier molecular flexibility index (Phi) is 6.72. The van der Waals surface area contributed by atoms with Crippen LogP contribution in [0.4, 0.5) is 0 Å². The number of sulfonamides is 1. The summed E-state index contributed by atoms with van der Waals surface area (Å²) >= 11 is 0. The summed E-state index contributed by atoms with van der Waals surface area (Å²) in [5, 5.41) is 0. The highest BCUT2D eigenvalue weighted by Gasteiger charge is 2.31. The smallest absolute Gasteiger partial charge is 0.309 e. The molecule has 0 aliphatic carbocycles. The Morgan fingerprint density at radius 2 is 1.64 bits per heavy atom. The first-order chi connectivity index (χ1) is 13.4. The van der Waals surface area contributed by atoms with Crippen LogP contribution in [0.5, 0.6) is 0 Å². The van der Waals surface area contributed by atoms with E-state index >= 15 is 0 Å². The van der Waals surface area contributed by atoms with Gasteiger partial charge in [-0.05, 0) is 50.3 Å². The largest absolute Gasteiger partial charge is 0.461 e. The SMILES string of the molecule is CCS(=O)(=O)N1CCC(C(=O)OCc2ccc(C(=O)N3CCCC3)cc2)CC1. The van der Waals surface area contributed by atoms with Gasteiger partial charge >= 0.3 is 5.97 Å². The molecule has 0 bridgehead atoms. The van der Waals surface area contributed by atoms with Gasteiger partial charge in [0.25, 0.3) is 5.91 Å². The molecule has 0 saturated carbocycles. The maximum atomic E-state index is 12.3. The van der Waals surface area contributed by atoms with Crippen LogP contribution in [0, 0.1) is 5.92 Å². The Morgan fingerprint density at radius 3 is 2.21 bits per heavy atom. The second-order valence-electron chi connectivity index (χ2n) is 7.38. The fraction of sp³-hybridized carbons (Fsp3) is 0.600. The van der Waals surface area contributed by atoms with Crippen molar-refractivity contribution in [2.45, 2.75) is 39.2 Å². The molecule has 1 aromatic carbocycles. The van der Waals surface area contributed by atoms with Crippen LogP contribution < -0.4 is 0 Å². The number of amides is 1. The van der Waals surface area contributed by atoms with E-state index in [0.29, 0.717) is 31.5 Å². The molecule has 28 heavy (non-hydrogen) atoms. The van der Waals surface area contributed by atoms with Crippen molar-refractivity contribution in [1.29, 1.82) is 0 Å². The fourth-order valence-electron chi connectivity index (χ4n) is 3.67. The van der Waals surface area contributed by atoms with Crippen molar-refractivity contribution in [3.05, 3.63) is 35.4 Å². The summed E-state index contributed by atoms with van der Waals surface area (Å²) in [7, 11) is -3.19. The van der Waals surface area contributed by atoms with Crippen molar-refractivity contribution in [3.63, 3.8) is 0 Å². The van der Waals surface area contributed by atoms with Gasteiger partial charge in [-0.3, -0.25) is 9.59 Å². The Balaban J connectivity index is 1.46. The summed E-state index contributed by atoms with van der Waals surface area (Å²) in [6.07, 6.45) is 3.09. The van der Waals surface area contributed by atoms with E-state index in [9.17, 15) is 18.0 Å². The highest BCUT2D eigenvalue weighted by atomic mass is 32.2. The predicted octanol–water partition coefficient (Wildman–Crippen LogP) is 2.03. The van der Waals surface area contributed by atoms with Crippen LogP contribution in [0.1, 0.15) is 48.5 Å². The van der Waals surface area contributed by atoms with Crippen molar-refractivity contribution in [3.8, 4) is 0 Å². The molecule has 154 valence electrons. The standard InChI is InChI=1S/C20H28N2O5S/c1-2-28(25,26)22-13-9-18(10-14-22)20(24)27-15-16-5-7-17(8-6-16)19(23)21-11-3-4-12-21/h5-8,18H,2-4,9-15H2,1H3. The molecule has 1 aromatic rings.